The lowest BCUT2D eigenvalue weighted by molar-refractivity contribution is -0.132. The molecule has 0 spiro atoms. The van der Waals surface area contributed by atoms with Gasteiger partial charge >= 0.3 is 19.4 Å². The molecule has 0 aromatic heterocycles. The number of carbonyl (C=O) groups excluding carboxylic acids is 2. The lowest BCUT2D eigenvalue weighted by atomic mass is 10.3. The summed E-state index contributed by atoms with van der Waals surface area (Å²) < 4.78 is 24.3. The number of halogens is 1. The Morgan fingerprint density at radius 1 is 0.889 bits per heavy atom. The van der Waals surface area contributed by atoms with Gasteiger partial charge < -0.3 is 19.7 Å². The Labute approximate surface area is 166 Å². The average Bonchev–Trinajstić information content (AvgIpc) is 2.64. The summed E-state index contributed by atoms with van der Waals surface area (Å²) in [4.78, 5) is 24.5. The van der Waals surface area contributed by atoms with Crippen LogP contribution < -0.4 is 15.9 Å². The number of carbonyl (C=O) groups is 2. The van der Waals surface area contributed by atoms with Crippen LogP contribution in [0.5, 0.6) is 0 Å². The number of amides is 2. The minimum Gasteiger partial charge on any atom is -0.317 e. The Bertz CT molecular complexity index is 864. The highest BCUT2D eigenvalue weighted by Gasteiger charge is 2.30. The molecule has 0 radical (unpaired) electrons. The van der Waals surface area contributed by atoms with Gasteiger partial charge in [0.15, 0.2) is 0 Å². The Morgan fingerprint density at radius 2 is 1.37 bits per heavy atom. The van der Waals surface area contributed by atoms with E-state index in [4.69, 9.17) is 9.05 Å². The van der Waals surface area contributed by atoms with E-state index in [2.05, 4.69) is 26.6 Å². The third-order valence-electron chi connectivity index (χ3n) is 3.37. The molecule has 2 rings (SSSR count). The summed E-state index contributed by atoms with van der Waals surface area (Å²) in [7, 11) is -3.62. The zero-order chi connectivity index (χ0) is 19.9. The lowest BCUT2D eigenvalue weighted by Gasteiger charge is -2.20. The van der Waals surface area contributed by atoms with E-state index in [0.717, 1.165) is 0 Å². The first-order valence-electron chi connectivity index (χ1n) is 8.26. The van der Waals surface area contributed by atoms with Gasteiger partial charge in [0.1, 0.15) is 0 Å². The molecule has 0 aliphatic heterocycles. The molecule has 2 amide bonds. The molecule has 0 fully saturated rings. The van der Waals surface area contributed by atoms with E-state index >= 15 is 0 Å². The molecule has 0 aliphatic rings. The molecule has 2 aromatic rings. The van der Waals surface area contributed by atoms with Crippen LogP contribution in [0.2, 0.25) is 0 Å². The second-order valence-electron chi connectivity index (χ2n) is 5.24. The zero-order valence-electron chi connectivity index (χ0n) is 14.9. The summed E-state index contributed by atoms with van der Waals surface area (Å²) in [5, 5.41) is 5.17. The summed E-state index contributed by atoms with van der Waals surface area (Å²) in [6, 6.07) is 13.3. The highest BCUT2D eigenvalue weighted by molar-refractivity contribution is 9.10. The van der Waals surface area contributed by atoms with Gasteiger partial charge in [0, 0.05) is 4.47 Å². The minimum atomic E-state index is -3.62. The normalized spacial score (nSPS) is 11.1. The molecule has 0 bridgehead atoms. The smallest absolute Gasteiger partial charge is 0.317 e. The van der Waals surface area contributed by atoms with E-state index in [1.165, 1.54) is 12.1 Å². The lowest BCUT2D eigenvalue weighted by Crippen LogP contribution is -2.31. The molecule has 0 saturated carbocycles. The van der Waals surface area contributed by atoms with Crippen molar-refractivity contribution in [3.63, 3.8) is 0 Å². The van der Waals surface area contributed by atoms with E-state index < -0.39 is 19.4 Å². The highest BCUT2D eigenvalue weighted by Crippen LogP contribution is 2.48. The largest absolute Gasteiger partial charge is 0.363 e. The van der Waals surface area contributed by atoms with Crippen LogP contribution in [0.3, 0.4) is 0 Å². The predicted octanol–water partition coefficient (Wildman–Crippen LogP) is 3.92. The maximum absolute atomic E-state index is 13.0. The fourth-order valence-electron chi connectivity index (χ4n) is 2.26. The van der Waals surface area contributed by atoms with Crippen molar-refractivity contribution in [2.24, 2.45) is 0 Å². The maximum Gasteiger partial charge on any atom is 0.363 e. The van der Waals surface area contributed by atoms with Gasteiger partial charge in [0.05, 0.1) is 29.9 Å². The van der Waals surface area contributed by atoms with Crippen LogP contribution in [-0.4, -0.2) is 25.0 Å². The number of anilines is 2. The second-order valence-corrected chi connectivity index (χ2v) is 8.09. The number of rotatable bonds is 7. The summed E-state index contributed by atoms with van der Waals surface area (Å²) in [6.07, 6.45) is 0. The summed E-state index contributed by atoms with van der Waals surface area (Å²) in [6.45, 7) is 3.72. The fraction of sp³-hybridized carbons (Fsp3) is 0.222. The topological polar surface area (TPSA) is 93.7 Å². The van der Waals surface area contributed by atoms with Crippen molar-refractivity contribution in [3.05, 3.63) is 53.0 Å². The van der Waals surface area contributed by atoms with Gasteiger partial charge in [0.2, 0.25) is 0 Å². The Hall–Kier alpha value is -1.99. The number of benzene rings is 2. The van der Waals surface area contributed by atoms with Crippen molar-refractivity contribution >= 4 is 52.0 Å². The second kappa shape index (κ2) is 9.80. The van der Waals surface area contributed by atoms with Crippen LogP contribution in [0.25, 0.3) is 0 Å². The molecular weight excluding hydrogens is 435 g/mol. The molecule has 2 N–H and O–H groups in total. The number of hydrogen-bond acceptors (Lipinski definition) is 5. The Morgan fingerprint density at radius 3 is 1.93 bits per heavy atom. The van der Waals surface area contributed by atoms with Gasteiger partial charge in [-0.2, -0.15) is 0 Å². The first-order chi connectivity index (χ1) is 12.9. The molecule has 27 heavy (non-hydrogen) atoms. The zero-order valence-corrected chi connectivity index (χ0v) is 17.4. The van der Waals surface area contributed by atoms with Crippen LogP contribution in [0.1, 0.15) is 13.8 Å². The van der Waals surface area contributed by atoms with Crippen LogP contribution in [0.4, 0.5) is 11.4 Å². The first-order valence-corrected chi connectivity index (χ1v) is 10.6. The van der Waals surface area contributed by atoms with Crippen LogP contribution in [0.15, 0.2) is 53.0 Å². The van der Waals surface area contributed by atoms with Crippen molar-refractivity contribution in [1.82, 2.24) is 0 Å². The van der Waals surface area contributed by atoms with Crippen LogP contribution in [0, 0.1) is 0 Å². The van der Waals surface area contributed by atoms with Gasteiger partial charge in [-0.05, 0) is 54.0 Å². The van der Waals surface area contributed by atoms with E-state index in [9.17, 15) is 14.2 Å². The average molecular weight is 455 g/mol. The molecule has 9 heteroatoms. The van der Waals surface area contributed by atoms with Gasteiger partial charge in [-0.1, -0.05) is 24.3 Å². The molecule has 0 atom stereocenters. The monoisotopic (exact) mass is 454 g/mol. The predicted molar refractivity (Wildman–Crippen MR) is 108 cm³/mol. The summed E-state index contributed by atoms with van der Waals surface area (Å²) in [5.74, 6) is -1.77. The molecule has 0 saturated heterocycles. The van der Waals surface area contributed by atoms with E-state index in [0.29, 0.717) is 10.2 Å². The van der Waals surface area contributed by atoms with Crippen molar-refractivity contribution in [2.75, 3.05) is 23.8 Å². The number of hydrogen-bond donors (Lipinski definition) is 2. The molecule has 7 nitrogen and oxygen atoms in total. The number of para-hydroxylation sites is 2. The molecule has 0 unspecified atom stereocenters. The number of nitrogens with one attached hydrogen (secondary N) is 2. The van der Waals surface area contributed by atoms with E-state index in [1.807, 2.05) is 0 Å². The van der Waals surface area contributed by atoms with E-state index in [-0.39, 0.29) is 24.2 Å². The molecule has 144 valence electrons. The quantitative estimate of drug-likeness (QED) is 0.488. The SMILES string of the molecule is CCOP(=O)(OCC)c1ccccc1NC(=O)C(=O)Nc1ccccc1Br. The molecule has 0 heterocycles. The molecular formula is C18H20BrN2O5P. The maximum atomic E-state index is 13.0. The molecule has 2 aromatic carbocycles. The van der Waals surface area contributed by atoms with E-state index in [1.54, 1.807) is 50.2 Å². The minimum absolute atomic E-state index is 0.169. The Kier molecular flexibility index (Phi) is 7.74. The van der Waals surface area contributed by atoms with Gasteiger partial charge in [0.25, 0.3) is 0 Å². The van der Waals surface area contributed by atoms with Crippen LogP contribution in [-0.2, 0) is 23.2 Å². The van der Waals surface area contributed by atoms with Crippen molar-refractivity contribution in [1.29, 1.82) is 0 Å². The highest BCUT2D eigenvalue weighted by atomic mass is 79.9. The van der Waals surface area contributed by atoms with Gasteiger partial charge in [-0.15, -0.1) is 0 Å². The van der Waals surface area contributed by atoms with Gasteiger partial charge in [-0.25, -0.2) is 0 Å². The summed E-state index contributed by atoms with van der Waals surface area (Å²) in [5.41, 5.74) is 0.648. The van der Waals surface area contributed by atoms with Crippen LogP contribution >= 0.6 is 23.5 Å². The fourth-order valence-corrected chi connectivity index (χ4v) is 4.37. The van der Waals surface area contributed by atoms with Crippen molar-refractivity contribution in [3.8, 4) is 0 Å². The first kappa shape index (κ1) is 21.3. The standard InChI is InChI=1S/C18H20BrN2O5P/c1-3-25-27(24,26-4-2)16-12-8-7-11-15(16)21-18(23)17(22)20-14-10-6-5-9-13(14)19/h5-12H,3-4H2,1-2H3,(H,20,22)(H,21,23). The van der Waals surface area contributed by atoms with Gasteiger partial charge in [-0.3, -0.25) is 14.2 Å². The van der Waals surface area contributed by atoms with Crippen molar-refractivity contribution in [2.45, 2.75) is 13.8 Å². The summed E-state index contributed by atoms with van der Waals surface area (Å²) >= 11 is 3.30. The van der Waals surface area contributed by atoms with Crippen molar-refractivity contribution < 1.29 is 23.2 Å². The third-order valence-corrected chi connectivity index (χ3v) is 6.24. The Balaban J connectivity index is 2.22. The molecule has 0 aliphatic carbocycles. The third kappa shape index (κ3) is 5.49.